The van der Waals surface area contributed by atoms with E-state index >= 15 is 0 Å². The van der Waals surface area contributed by atoms with Crippen LogP contribution in [-0.4, -0.2) is 32.8 Å². The van der Waals surface area contributed by atoms with E-state index in [0.29, 0.717) is 11.4 Å². The van der Waals surface area contributed by atoms with Crippen molar-refractivity contribution in [1.82, 2.24) is 5.32 Å². The minimum absolute atomic E-state index is 0.00189. The second kappa shape index (κ2) is 9.04. The van der Waals surface area contributed by atoms with Crippen molar-refractivity contribution in [1.29, 1.82) is 0 Å². The fourth-order valence-corrected chi connectivity index (χ4v) is 2.19. The molecule has 0 fully saturated rings. The van der Waals surface area contributed by atoms with Gasteiger partial charge in [-0.3, -0.25) is 4.79 Å². The molecular weight excluding hydrogens is 284 g/mol. The zero-order chi connectivity index (χ0) is 16.5. The Balaban J connectivity index is 3.03. The van der Waals surface area contributed by atoms with Crippen LogP contribution in [0.4, 0.5) is 10.5 Å². The van der Waals surface area contributed by atoms with Crippen molar-refractivity contribution in [3.8, 4) is 5.75 Å². The van der Waals surface area contributed by atoms with E-state index in [1.54, 1.807) is 18.2 Å². The summed E-state index contributed by atoms with van der Waals surface area (Å²) in [5.74, 6) is 0.463. The molecule has 1 atom stereocenters. The largest absolute Gasteiger partial charge is 0.412 e. The molecule has 1 unspecified atom stereocenters. The van der Waals surface area contributed by atoms with Gasteiger partial charge in [-0.15, -0.1) is 0 Å². The van der Waals surface area contributed by atoms with Crippen LogP contribution in [0.15, 0.2) is 18.2 Å². The SMILES string of the molecule is CCCC(C)c1cc(OC(=O)NC)ccc1NC(=O)COC. The fourth-order valence-electron chi connectivity index (χ4n) is 2.19. The van der Waals surface area contributed by atoms with Crippen molar-refractivity contribution in [3.63, 3.8) is 0 Å². The number of amides is 2. The first-order chi connectivity index (χ1) is 10.5. The van der Waals surface area contributed by atoms with Crippen LogP contribution in [-0.2, 0) is 9.53 Å². The fraction of sp³-hybridized carbons (Fsp3) is 0.500. The second-order valence-electron chi connectivity index (χ2n) is 5.06. The lowest BCUT2D eigenvalue weighted by Gasteiger charge is -2.18. The van der Waals surface area contributed by atoms with Crippen molar-refractivity contribution in [2.45, 2.75) is 32.6 Å². The Bertz CT molecular complexity index is 517. The number of carbonyl (C=O) groups excluding carboxylic acids is 2. The summed E-state index contributed by atoms with van der Waals surface area (Å²) < 4.78 is 9.98. The highest BCUT2D eigenvalue weighted by atomic mass is 16.5. The van der Waals surface area contributed by atoms with Crippen molar-refractivity contribution in [2.75, 3.05) is 26.1 Å². The molecule has 2 amide bonds. The van der Waals surface area contributed by atoms with E-state index in [1.165, 1.54) is 14.2 Å². The van der Waals surface area contributed by atoms with Gasteiger partial charge in [-0.1, -0.05) is 20.3 Å². The van der Waals surface area contributed by atoms with Gasteiger partial charge >= 0.3 is 6.09 Å². The number of hydrogen-bond acceptors (Lipinski definition) is 4. The molecule has 0 spiro atoms. The van der Waals surface area contributed by atoms with Gasteiger partial charge in [-0.2, -0.15) is 0 Å². The van der Waals surface area contributed by atoms with E-state index in [1.807, 2.05) is 0 Å². The Morgan fingerprint density at radius 3 is 2.64 bits per heavy atom. The molecule has 0 aliphatic heterocycles. The van der Waals surface area contributed by atoms with Gasteiger partial charge in [0, 0.05) is 19.8 Å². The third-order valence-electron chi connectivity index (χ3n) is 3.24. The first kappa shape index (κ1) is 18.0. The lowest BCUT2D eigenvalue weighted by Crippen LogP contribution is -2.22. The lowest BCUT2D eigenvalue weighted by molar-refractivity contribution is -0.119. The summed E-state index contributed by atoms with van der Waals surface area (Å²) in [6.07, 6.45) is 1.47. The molecule has 1 aromatic carbocycles. The maximum absolute atomic E-state index is 11.7. The molecule has 0 saturated heterocycles. The third-order valence-corrected chi connectivity index (χ3v) is 3.24. The monoisotopic (exact) mass is 308 g/mol. The molecule has 6 heteroatoms. The number of nitrogens with one attached hydrogen (secondary N) is 2. The first-order valence-electron chi connectivity index (χ1n) is 7.34. The van der Waals surface area contributed by atoms with Gasteiger partial charge in [0.2, 0.25) is 5.91 Å². The summed E-state index contributed by atoms with van der Waals surface area (Å²) in [7, 11) is 2.97. The first-order valence-corrected chi connectivity index (χ1v) is 7.34. The quantitative estimate of drug-likeness (QED) is 0.812. The Kier molecular flexibility index (Phi) is 7.39. The van der Waals surface area contributed by atoms with Crippen LogP contribution in [0, 0.1) is 0 Å². The third kappa shape index (κ3) is 5.37. The maximum Gasteiger partial charge on any atom is 0.412 e. The van der Waals surface area contributed by atoms with Crippen molar-refractivity contribution in [2.24, 2.45) is 0 Å². The summed E-state index contributed by atoms with van der Waals surface area (Å²) in [6, 6.07) is 5.19. The topological polar surface area (TPSA) is 76.7 Å². The molecule has 22 heavy (non-hydrogen) atoms. The lowest BCUT2D eigenvalue weighted by atomic mass is 9.94. The van der Waals surface area contributed by atoms with E-state index in [9.17, 15) is 9.59 Å². The number of hydrogen-bond donors (Lipinski definition) is 2. The average Bonchev–Trinajstić information content (AvgIpc) is 2.49. The minimum atomic E-state index is -0.523. The van der Waals surface area contributed by atoms with E-state index in [2.05, 4.69) is 24.5 Å². The molecule has 0 bridgehead atoms. The summed E-state index contributed by atoms with van der Waals surface area (Å²) in [6.45, 7) is 4.18. The molecule has 2 N–H and O–H groups in total. The minimum Gasteiger partial charge on any atom is -0.410 e. The molecule has 0 aliphatic carbocycles. The van der Waals surface area contributed by atoms with Gasteiger partial charge in [0.15, 0.2) is 0 Å². The maximum atomic E-state index is 11.7. The number of methoxy groups -OCH3 is 1. The molecular formula is C16H24N2O4. The van der Waals surface area contributed by atoms with Gasteiger partial charge < -0.3 is 20.1 Å². The normalized spacial score (nSPS) is 11.6. The smallest absolute Gasteiger partial charge is 0.410 e. The highest BCUT2D eigenvalue weighted by molar-refractivity contribution is 5.92. The van der Waals surface area contributed by atoms with Gasteiger partial charge in [0.1, 0.15) is 12.4 Å². The Labute approximate surface area is 131 Å². The number of benzene rings is 1. The molecule has 0 aliphatic rings. The van der Waals surface area contributed by atoms with Crippen LogP contribution < -0.4 is 15.4 Å². The van der Waals surface area contributed by atoms with Crippen molar-refractivity contribution in [3.05, 3.63) is 23.8 Å². The Morgan fingerprint density at radius 2 is 2.05 bits per heavy atom. The average molecular weight is 308 g/mol. The Hall–Kier alpha value is -2.08. The number of rotatable bonds is 7. The van der Waals surface area contributed by atoms with E-state index in [4.69, 9.17) is 9.47 Å². The summed E-state index contributed by atoms with van der Waals surface area (Å²) in [4.78, 5) is 23.0. The molecule has 0 heterocycles. The molecule has 0 aromatic heterocycles. The predicted octanol–water partition coefficient (Wildman–Crippen LogP) is 2.89. The predicted molar refractivity (Wildman–Crippen MR) is 85.4 cm³/mol. The molecule has 0 saturated carbocycles. The zero-order valence-corrected chi connectivity index (χ0v) is 13.6. The molecule has 1 aromatic rings. The number of ether oxygens (including phenoxy) is 2. The van der Waals surface area contributed by atoms with Crippen LogP contribution in [0.5, 0.6) is 5.75 Å². The van der Waals surface area contributed by atoms with Gasteiger partial charge in [0.05, 0.1) is 0 Å². The van der Waals surface area contributed by atoms with Crippen LogP contribution in [0.25, 0.3) is 0 Å². The van der Waals surface area contributed by atoms with E-state index in [0.717, 1.165) is 18.4 Å². The summed E-state index contributed by atoms with van der Waals surface area (Å²) in [5, 5.41) is 5.23. The standard InChI is InChI=1S/C16H24N2O4/c1-5-6-11(2)13-9-12(22-16(20)17-3)7-8-14(13)18-15(19)10-21-4/h7-9,11H,5-6,10H2,1-4H3,(H,17,20)(H,18,19). The van der Waals surface area contributed by atoms with E-state index < -0.39 is 6.09 Å². The van der Waals surface area contributed by atoms with Crippen LogP contribution in [0.2, 0.25) is 0 Å². The second-order valence-corrected chi connectivity index (χ2v) is 5.06. The molecule has 0 radical (unpaired) electrons. The van der Waals surface area contributed by atoms with Crippen LogP contribution in [0.3, 0.4) is 0 Å². The molecule has 6 nitrogen and oxygen atoms in total. The molecule has 122 valence electrons. The zero-order valence-electron chi connectivity index (χ0n) is 13.6. The van der Waals surface area contributed by atoms with Crippen LogP contribution in [0.1, 0.15) is 38.2 Å². The van der Waals surface area contributed by atoms with Crippen molar-refractivity contribution >= 4 is 17.7 Å². The Morgan fingerprint density at radius 1 is 1.32 bits per heavy atom. The van der Waals surface area contributed by atoms with Crippen molar-refractivity contribution < 1.29 is 19.1 Å². The summed E-state index contributed by atoms with van der Waals surface area (Å²) >= 11 is 0. The number of anilines is 1. The van der Waals surface area contributed by atoms with Crippen LogP contribution >= 0.6 is 0 Å². The van der Waals surface area contributed by atoms with Gasteiger partial charge in [-0.05, 0) is 36.1 Å². The van der Waals surface area contributed by atoms with Gasteiger partial charge in [0.25, 0.3) is 0 Å². The van der Waals surface area contributed by atoms with Gasteiger partial charge in [-0.25, -0.2) is 4.79 Å². The van der Waals surface area contributed by atoms with E-state index in [-0.39, 0.29) is 18.4 Å². The summed E-state index contributed by atoms with van der Waals surface area (Å²) in [5.41, 5.74) is 1.65. The number of carbonyl (C=O) groups is 2. The highest BCUT2D eigenvalue weighted by Crippen LogP contribution is 2.31. The molecule has 1 rings (SSSR count). The highest BCUT2D eigenvalue weighted by Gasteiger charge is 2.14.